The molecule has 0 aromatic heterocycles. The highest BCUT2D eigenvalue weighted by Crippen LogP contribution is 2.31. The molecule has 0 fully saturated rings. The van der Waals surface area contributed by atoms with Crippen LogP contribution in [0.2, 0.25) is 0 Å². The first-order valence-electron chi connectivity index (χ1n) is 6.73. The van der Waals surface area contributed by atoms with E-state index in [2.05, 4.69) is 6.58 Å². The first kappa shape index (κ1) is 16.1. The molecule has 0 spiro atoms. The summed E-state index contributed by atoms with van der Waals surface area (Å²) in [5.41, 5.74) is 0.188. The van der Waals surface area contributed by atoms with Gasteiger partial charge in [-0.2, -0.15) is 0 Å². The van der Waals surface area contributed by atoms with Gasteiger partial charge in [-0.3, -0.25) is 0 Å². The van der Waals surface area contributed by atoms with Gasteiger partial charge in [0.2, 0.25) is 6.54 Å². The zero-order chi connectivity index (χ0) is 15.2. The van der Waals surface area contributed by atoms with Crippen LogP contribution in [-0.4, -0.2) is 29.4 Å². The summed E-state index contributed by atoms with van der Waals surface area (Å²) in [5.74, 6) is -0.685. The van der Waals surface area contributed by atoms with Crippen LogP contribution < -0.4 is 0 Å². The maximum absolute atomic E-state index is 11.8. The molecular weight excluding hydrogens is 254 g/mol. The van der Waals surface area contributed by atoms with Crippen molar-refractivity contribution in [1.29, 1.82) is 0 Å². The van der Waals surface area contributed by atoms with Crippen molar-refractivity contribution in [3.63, 3.8) is 0 Å². The predicted octanol–water partition coefficient (Wildman–Crippen LogP) is 3.08. The summed E-state index contributed by atoms with van der Waals surface area (Å²) in [6, 6.07) is 9.62. The lowest BCUT2D eigenvalue weighted by Crippen LogP contribution is -2.39. The van der Waals surface area contributed by atoms with Crippen molar-refractivity contribution in [2.45, 2.75) is 32.3 Å². The van der Waals surface area contributed by atoms with Crippen LogP contribution in [0.3, 0.4) is 0 Å². The molecule has 0 aliphatic carbocycles. The number of hydrogen-bond acceptors (Lipinski definition) is 3. The number of nitrogens with zero attached hydrogens (tertiary/aromatic N) is 1. The Hall–Kier alpha value is -1.97. The number of esters is 1. The summed E-state index contributed by atoms with van der Waals surface area (Å²) in [4.78, 5) is 23.2. The van der Waals surface area contributed by atoms with E-state index in [1.165, 1.54) is 0 Å². The van der Waals surface area contributed by atoms with Gasteiger partial charge in [0.25, 0.3) is 0 Å². The zero-order valence-electron chi connectivity index (χ0n) is 12.3. The van der Waals surface area contributed by atoms with Crippen LogP contribution in [0.5, 0.6) is 0 Å². The van der Waals surface area contributed by atoms with Crippen LogP contribution in [0.25, 0.3) is 0 Å². The lowest BCUT2D eigenvalue weighted by Gasteiger charge is -2.31. The van der Waals surface area contributed by atoms with E-state index in [9.17, 15) is 9.70 Å². The monoisotopic (exact) mass is 276 g/mol. The quantitative estimate of drug-likeness (QED) is 0.437. The molecule has 0 heterocycles. The lowest BCUT2D eigenvalue weighted by atomic mass is 9.84. The second-order valence-electron chi connectivity index (χ2n) is 5.17. The molecule has 0 amide bonds. The van der Waals surface area contributed by atoms with E-state index in [0.29, 0.717) is 6.54 Å². The Morgan fingerprint density at radius 1 is 1.40 bits per heavy atom. The second-order valence-corrected chi connectivity index (χ2v) is 5.17. The molecule has 0 saturated heterocycles. The van der Waals surface area contributed by atoms with Gasteiger partial charge in [0.15, 0.2) is 6.54 Å². The van der Waals surface area contributed by atoms with Crippen LogP contribution in [0, 0.1) is 4.91 Å². The fourth-order valence-electron chi connectivity index (χ4n) is 2.12. The Balaban J connectivity index is 3.06. The number of ether oxygens (including phenoxy) is 1. The van der Waals surface area contributed by atoms with Crippen molar-refractivity contribution in [3.8, 4) is 0 Å². The topological polar surface area (TPSA) is 46.4 Å². The van der Waals surface area contributed by atoms with E-state index in [1.54, 1.807) is 6.92 Å². The van der Waals surface area contributed by atoms with Gasteiger partial charge >= 0.3 is 5.97 Å². The zero-order valence-corrected chi connectivity index (χ0v) is 12.3. The molecule has 0 N–H and O–H groups in total. The Labute approximate surface area is 120 Å². The maximum Gasteiger partial charge on any atom is 0.330 e. The molecule has 108 valence electrons. The molecule has 0 aliphatic heterocycles. The van der Waals surface area contributed by atoms with Gasteiger partial charge in [0, 0.05) is 11.0 Å². The molecule has 4 heteroatoms. The van der Waals surface area contributed by atoms with Crippen LogP contribution in [-0.2, 0) is 9.53 Å². The SMILES string of the molecule is C=CC(=O)OC(C)(C)C(C[N+](=O)CC)c1ccccc1. The number of carbonyl (C=O) groups is 1. The third-order valence-corrected chi connectivity index (χ3v) is 3.31. The van der Waals surface area contributed by atoms with Crippen molar-refractivity contribution < 1.29 is 14.3 Å². The smallest absolute Gasteiger partial charge is 0.330 e. The Morgan fingerprint density at radius 2 is 2.00 bits per heavy atom. The van der Waals surface area contributed by atoms with Gasteiger partial charge < -0.3 is 4.74 Å². The maximum atomic E-state index is 11.8. The molecule has 1 aromatic carbocycles. The van der Waals surface area contributed by atoms with Crippen molar-refractivity contribution >= 4 is 5.97 Å². The minimum atomic E-state index is -0.787. The summed E-state index contributed by atoms with van der Waals surface area (Å²) in [6.07, 6.45) is 1.14. The fourth-order valence-corrected chi connectivity index (χ4v) is 2.12. The number of benzene rings is 1. The van der Waals surface area contributed by atoms with Crippen LogP contribution in [0.4, 0.5) is 0 Å². The van der Waals surface area contributed by atoms with E-state index in [4.69, 9.17) is 4.74 Å². The minimum Gasteiger partial charge on any atom is -0.456 e. The van der Waals surface area contributed by atoms with Crippen molar-refractivity contribution in [1.82, 2.24) is 0 Å². The molecule has 20 heavy (non-hydrogen) atoms. The van der Waals surface area contributed by atoms with Crippen molar-refractivity contribution in [2.75, 3.05) is 13.1 Å². The number of rotatable bonds is 7. The highest BCUT2D eigenvalue weighted by molar-refractivity contribution is 5.81. The minimum absolute atomic E-state index is 0.204. The number of carbonyl (C=O) groups excluding carboxylic acids is 1. The summed E-state index contributed by atoms with van der Waals surface area (Å²) in [6.45, 7) is 9.51. The Bertz CT molecular complexity index is 480. The third kappa shape index (κ3) is 4.30. The summed E-state index contributed by atoms with van der Waals surface area (Å²) in [7, 11) is 0. The van der Waals surface area contributed by atoms with E-state index in [-0.39, 0.29) is 12.5 Å². The standard InChI is InChI=1S/C16H22NO3/c1-5-15(18)20-16(3,4)14(12-17(19)6-2)13-10-8-7-9-11-13/h5,7-11,14H,1,6,12H2,2-4H3/q+1. The molecule has 1 aromatic rings. The molecule has 1 unspecified atom stereocenters. The molecule has 0 bridgehead atoms. The average molecular weight is 276 g/mol. The van der Waals surface area contributed by atoms with Crippen molar-refractivity contribution in [2.24, 2.45) is 0 Å². The largest absolute Gasteiger partial charge is 0.456 e. The molecule has 0 saturated carbocycles. The van der Waals surface area contributed by atoms with Crippen LogP contribution >= 0.6 is 0 Å². The molecule has 1 rings (SSSR count). The van der Waals surface area contributed by atoms with E-state index >= 15 is 0 Å². The Morgan fingerprint density at radius 3 is 2.50 bits per heavy atom. The van der Waals surface area contributed by atoms with E-state index in [1.807, 2.05) is 44.2 Å². The molecule has 1 atom stereocenters. The summed E-state index contributed by atoms with van der Waals surface area (Å²) >= 11 is 0. The average Bonchev–Trinajstić information content (AvgIpc) is 2.44. The van der Waals surface area contributed by atoms with Crippen LogP contribution in [0.1, 0.15) is 32.3 Å². The fraction of sp³-hybridized carbons (Fsp3) is 0.438. The molecular formula is C16H22NO3+. The van der Waals surface area contributed by atoms with E-state index < -0.39 is 11.6 Å². The van der Waals surface area contributed by atoms with Gasteiger partial charge in [-0.25, -0.2) is 4.79 Å². The first-order chi connectivity index (χ1) is 9.40. The predicted molar refractivity (Wildman–Crippen MR) is 78.6 cm³/mol. The third-order valence-electron chi connectivity index (χ3n) is 3.31. The van der Waals surface area contributed by atoms with Gasteiger partial charge in [-0.05, 0) is 31.1 Å². The van der Waals surface area contributed by atoms with Crippen LogP contribution in [0.15, 0.2) is 43.0 Å². The molecule has 4 nitrogen and oxygen atoms in total. The molecule has 0 radical (unpaired) electrons. The Kier molecular flexibility index (Phi) is 5.62. The summed E-state index contributed by atoms with van der Waals surface area (Å²) in [5, 5.41) is 0. The highest BCUT2D eigenvalue weighted by Gasteiger charge is 2.38. The van der Waals surface area contributed by atoms with Gasteiger partial charge in [0.1, 0.15) is 5.60 Å². The number of likely N-dealkylation sites (N-methyl/N-ethyl adjacent to an activating group) is 1. The summed E-state index contributed by atoms with van der Waals surface area (Å²) < 4.78 is 6.40. The highest BCUT2D eigenvalue weighted by atomic mass is 16.6. The van der Waals surface area contributed by atoms with Gasteiger partial charge in [0.05, 0.1) is 5.92 Å². The second kappa shape index (κ2) is 6.98. The number of hydrogen-bond donors (Lipinski definition) is 0. The van der Waals surface area contributed by atoms with Gasteiger partial charge in [-0.1, -0.05) is 36.9 Å². The van der Waals surface area contributed by atoms with Gasteiger partial charge in [-0.15, -0.1) is 0 Å². The lowest BCUT2D eigenvalue weighted by molar-refractivity contribution is -0.550. The van der Waals surface area contributed by atoms with Crippen molar-refractivity contribution in [3.05, 3.63) is 53.5 Å². The van der Waals surface area contributed by atoms with E-state index in [0.717, 1.165) is 16.4 Å². The normalized spacial score (nSPS) is 12.6. The number of nitroso groups, excluding NO2 is 1. The molecule has 0 aliphatic rings. The first-order valence-corrected chi connectivity index (χ1v) is 6.73.